The molecule has 4 aromatic rings. The number of methoxy groups -OCH3 is 1. The van der Waals surface area contributed by atoms with Gasteiger partial charge in [0.05, 0.1) is 11.6 Å². The molecule has 0 aliphatic carbocycles. The van der Waals surface area contributed by atoms with Crippen LogP contribution in [0.3, 0.4) is 0 Å². The molecule has 30 heavy (non-hydrogen) atoms. The Morgan fingerprint density at radius 3 is 2.40 bits per heavy atom. The van der Waals surface area contributed by atoms with Crippen LogP contribution < -0.4 is 19.6 Å². The molecule has 0 fully saturated rings. The molecule has 2 heterocycles. The van der Waals surface area contributed by atoms with Crippen LogP contribution in [0, 0.1) is 0 Å². The molecule has 0 aliphatic heterocycles. The highest BCUT2D eigenvalue weighted by molar-refractivity contribution is 7.15. The monoisotopic (exact) mass is 417 g/mol. The van der Waals surface area contributed by atoms with Gasteiger partial charge in [0.25, 0.3) is 5.56 Å². The smallest absolute Gasteiger partial charge is 0.291 e. The van der Waals surface area contributed by atoms with E-state index >= 15 is 0 Å². The Morgan fingerprint density at radius 1 is 1.03 bits per heavy atom. The molecule has 0 bridgehead atoms. The number of aromatic nitrogens is 3. The highest BCUT2D eigenvalue weighted by Gasteiger charge is 2.09. The van der Waals surface area contributed by atoms with Crippen LogP contribution in [0.15, 0.2) is 66.0 Å². The molecule has 0 N–H and O–H groups in total. The van der Waals surface area contributed by atoms with Crippen molar-refractivity contribution in [2.75, 3.05) is 13.7 Å². The summed E-state index contributed by atoms with van der Waals surface area (Å²) in [6.45, 7) is 4.08. The van der Waals surface area contributed by atoms with Crippen LogP contribution in [-0.4, -0.2) is 28.3 Å². The molecular formula is C23H19N3O3S. The van der Waals surface area contributed by atoms with Crippen LogP contribution in [0.2, 0.25) is 0 Å². The first-order valence-corrected chi connectivity index (χ1v) is 10.0. The Morgan fingerprint density at radius 2 is 1.73 bits per heavy atom. The maximum Gasteiger partial charge on any atom is 0.291 e. The summed E-state index contributed by atoms with van der Waals surface area (Å²) in [7, 11) is 1.63. The van der Waals surface area contributed by atoms with Crippen molar-refractivity contribution in [1.29, 1.82) is 0 Å². The molecule has 0 aliphatic rings. The normalized spacial score (nSPS) is 12.0. The van der Waals surface area contributed by atoms with Crippen molar-refractivity contribution in [3.8, 4) is 11.5 Å². The largest absolute Gasteiger partial charge is 0.497 e. The first-order valence-electron chi connectivity index (χ1n) is 9.23. The fourth-order valence-electron chi connectivity index (χ4n) is 2.77. The number of rotatable bonds is 7. The zero-order valence-electron chi connectivity index (χ0n) is 16.3. The van der Waals surface area contributed by atoms with E-state index in [9.17, 15) is 4.79 Å². The van der Waals surface area contributed by atoms with E-state index in [-0.39, 0.29) is 5.56 Å². The summed E-state index contributed by atoms with van der Waals surface area (Å²) in [6.07, 6.45) is 7.20. The first-order chi connectivity index (χ1) is 14.7. The zero-order valence-corrected chi connectivity index (χ0v) is 17.1. The van der Waals surface area contributed by atoms with Crippen molar-refractivity contribution in [2.45, 2.75) is 0 Å². The number of fused-ring (bicyclic) bond motifs is 1. The second kappa shape index (κ2) is 8.75. The Hall–Kier alpha value is -3.71. The summed E-state index contributed by atoms with van der Waals surface area (Å²) in [5.41, 5.74) is 1.71. The van der Waals surface area contributed by atoms with E-state index in [0.717, 1.165) is 22.6 Å². The van der Waals surface area contributed by atoms with Crippen molar-refractivity contribution < 1.29 is 9.47 Å². The highest BCUT2D eigenvalue weighted by atomic mass is 32.1. The molecule has 4 rings (SSSR count). The number of ether oxygens (including phenoxy) is 2. The number of thiazole rings is 1. The lowest BCUT2D eigenvalue weighted by Gasteiger charge is -2.02. The molecule has 0 radical (unpaired) electrons. The zero-order chi connectivity index (χ0) is 20.9. The van der Waals surface area contributed by atoms with Crippen molar-refractivity contribution >= 4 is 34.5 Å². The lowest BCUT2D eigenvalue weighted by atomic mass is 10.2. The highest BCUT2D eigenvalue weighted by Crippen LogP contribution is 2.14. The van der Waals surface area contributed by atoms with Gasteiger partial charge < -0.3 is 9.47 Å². The van der Waals surface area contributed by atoms with Crippen molar-refractivity contribution in [3.05, 3.63) is 93.0 Å². The summed E-state index contributed by atoms with van der Waals surface area (Å²) >= 11 is 1.31. The van der Waals surface area contributed by atoms with Crippen molar-refractivity contribution in [3.63, 3.8) is 0 Å². The lowest BCUT2D eigenvalue weighted by Crippen LogP contribution is -2.23. The van der Waals surface area contributed by atoms with Crippen LogP contribution >= 0.6 is 11.3 Å². The minimum atomic E-state index is -0.182. The maximum atomic E-state index is 12.7. The second-order valence-corrected chi connectivity index (χ2v) is 7.36. The van der Waals surface area contributed by atoms with E-state index in [1.807, 2.05) is 60.7 Å². The third-order valence-electron chi connectivity index (χ3n) is 4.28. The van der Waals surface area contributed by atoms with E-state index in [1.54, 1.807) is 19.3 Å². The first kappa shape index (κ1) is 19.6. The van der Waals surface area contributed by atoms with Gasteiger partial charge in [-0.1, -0.05) is 54.3 Å². The van der Waals surface area contributed by atoms with Gasteiger partial charge in [-0.25, -0.2) is 0 Å². The average molecular weight is 417 g/mol. The third-order valence-corrected chi connectivity index (χ3v) is 5.24. The van der Waals surface area contributed by atoms with Crippen molar-refractivity contribution in [1.82, 2.24) is 14.6 Å². The minimum Gasteiger partial charge on any atom is -0.497 e. The predicted octanol–water partition coefficient (Wildman–Crippen LogP) is 3.44. The van der Waals surface area contributed by atoms with Gasteiger partial charge in [0, 0.05) is 0 Å². The van der Waals surface area contributed by atoms with Gasteiger partial charge in [0.2, 0.25) is 4.96 Å². The molecule has 0 unspecified atom stereocenters. The topological polar surface area (TPSA) is 65.7 Å². The molecule has 7 heteroatoms. The number of nitrogens with zero attached hydrogens (tertiary/aromatic N) is 3. The molecule has 150 valence electrons. The summed E-state index contributed by atoms with van der Waals surface area (Å²) in [5, 5.41) is 4.31. The van der Waals surface area contributed by atoms with E-state index in [2.05, 4.69) is 16.7 Å². The van der Waals surface area contributed by atoms with Crippen LogP contribution in [0.4, 0.5) is 0 Å². The standard InChI is InChI=1S/C23H19N3O3S/c1-3-14-29-19-11-6-17(7-12-19)15-20-22(27)26-23(30-20)24-21(25-26)13-8-16-4-9-18(28-2)10-5-16/h3-13,15H,1,14H2,2H3/b13-8+,20-15+. The SMILES string of the molecule is C=CCOc1ccc(/C=c2/sc3nc(/C=C/c4ccc(OC)cc4)nn3c2=O)cc1. The Bertz CT molecular complexity index is 1300. The molecule has 6 nitrogen and oxygen atoms in total. The summed E-state index contributed by atoms with van der Waals surface area (Å²) in [4.78, 5) is 17.7. The predicted molar refractivity (Wildman–Crippen MR) is 120 cm³/mol. The molecule has 2 aromatic heterocycles. The molecule has 0 spiro atoms. The van der Waals surface area contributed by atoms with Gasteiger partial charge in [-0.2, -0.15) is 9.50 Å². The lowest BCUT2D eigenvalue weighted by molar-refractivity contribution is 0.363. The van der Waals surface area contributed by atoms with Gasteiger partial charge in [-0.15, -0.1) is 5.10 Å². The fourth-order valence-corrected chi connectivity index (χ4v) is 3.69. The fraction of sp³-hybridized carbons (Fsp3) is 0.0870. The van der Waals surface area contributed by atoms with Gasteiger partial charge in [0.15, 0.2) is 5.82 Å². The van der Waals surface area contributed by atoms with Crippen LogP contribution in [0.1, 0.15) is 17.0 Å². The minimum absolute atomic E-state index is 0.182. The summed E-state index contributed by atoms with van der Waals surface area (Å²) in [5.74, 6) is 2.04. The molecule has 2 aromatic carbocycles. The van der Waals surface area contributed by atoms with E-state index in [0.29, 0.717) is 21.9 Å². The summed E-state index contributed by atoms with van der Waals surface area (Å²) < 4.78 is 12.5. The van der Waals surface area contributed by atoms with Gasteiger partial charge in [-0.05, 0) is 47.5 Å². The van der Waals surface area contributed by atoms with E-state index in [1.165, 1.54) is 15.9 Å². The average Bonchev–Trinajstić information content (AvgIpc) is 3.31. The van der Waals surface area contributed by atoms with E-state index in [4.69, 9.17) is 9.47 Å². The number of hydrogen-bond donors (Lipinski definition) is 0. The van der Waals surface area contributed by atoms with Crippen LogP contribution in [-0.2, 0) is 0 Å². The van der Waals surface area contributed by atoms with Gasteiger partial charge in [-0.3, -0.25) is 4.79 Å². The maximum absolute atomic E-state index is 12.7. The van der Waals surface area contributed by atoms with Gasteiger partial charge in [0.1, 0.15) is 18.1 Å². The van der Waals surface area contributed by atoms with Gasteiger partial charge >= 0.3 is 0 Å². The molecule has 0 amide bonds. The molecule has 0 saturated carbocycles. The third kappa shape index (κ3) is 4.31. The van der Waals surface area contributed by atoms with Crippen molar-refractivity contribution in [2.24, 2.45) is 0 Å². The second-order valence-electron chi connectivity index (χ2n) is 6.36. The summed E-state index contributed by atoms with van der Waals surface area (Å²) in [6, 6.07) is 15.2. The molecule has 0 atom stereocenters. The quantitative estimate of drug-likeness (QED) is 0.431. The van der Waals surface area contributed by atoms with Crippen LogP contribution in [0.25, 0.3) is 23.2 Å². The van der Waals surface area contributed by atoms with Crippen LogP contribution in [0.5, 0.6) is 11.5 Å². The number of hydrogen-bond acceptors (Lipinski definition) is 6. The van der Waals surface area contributed by atoms with E-state index < -0.39 is 0 Å². The Balaban J connectivity index is 1.55. The Kier molecular flexibility index (Phi) is 5.72. The number of benzene rings is 2. The Labute approximate surface area is 177 Å². The molecule has 0 saturated heterocycles. The molecular weight excluding hydrogens is 398 g/mol.